The van der Waals surface area contributed by atoms with Crippen LogP contribution >= 0.6 is 22.6 Å². The van der Waals surface area contributed by atoms with E-state index in [4.69, 9.17) is 5.73 Å². The number of nitrogen functional groups attached to an aromatic ring is 1. The summed E-state index contributed by atoms with van der Waals surface area (Å²) in [5.41, 5.74) is 7.91. The Kier molecular flexibility index (Phi) is 7.18. The second-order valence-electron chi connectivity index (χ2n) is 8.20. The highest BCUT2D eigenvalue weighted by Crippen LogP contribution is 2.34. The van der Waals surface area contributed by atoms with Gasteiger partial charge in [0.15, 0.2) is 0 Å². The topological polar surface area (TPSA) is 101 Å². The molecule has 4 rings (SSSR count). The summed E-state index contributed by atoms with van der Waals surface area (Å²) in [7, 11) is 0. The third-order valence-corrected chi connectivity index (χ3v) is 6.37. The maximum absolute atomic E-state index is 14.8. The Labute approximate surface area is 203 Å². The van der Waals surface area contributed by atoms with Crippen LogP contribution in [-0.2, 0) is 6.54 Å². The van der Waals surface area contributed by atoms with Crippen molar-refractivity contribution < 1.29 is 18.7 Å². The van der Waals surface area contributed by atoms with E-state index in [9.17, 15) is 18.7 Å². The predicted molar refractivity (Wildman–Crippen MR) is 129 cm³/mol. The zero-order chi connectivity index (χ0) is 23.5. The summed E-state index contributed by atoms with van der Waals surface area (Å²) in [6.07, 6.45) is 4.42. The number of hydrogen-bond donors (Lipinski definition) is 3. The Morgan fingerprint density at radius 1 is 1.21 bits per heavy atom. The van der Waals surface area contributed by atoms with E-state index < -0.39 is 17.5 Å². The van der Waals surface area contributed by atoms with Gasteiger partial charge in [-0.05, 0) is 77.7 Å². The fourth-order valence-corrected chi connectivity index (χ4v) is 4.79. The highest BCUT2D eigenvalue weighted by molar-refractivity contribution is 14.1. The van der Waals surface area contributed by atoms with Gasteiger partial charge in [0.05, 0.1) is 23.6 Å². The van der Waals surface area contributed by atoms with Crippen LogP contribution in [0.1, 0.15) is 53.2 Å². The maximum atomic E-state index is 14.8. The number of halogens is 3. The van der Waals surface area contributed by atoms with E-state index in [1.807, 2.05) is 22.6 Å². The van der Waals surface area contributed by atoms with Gasteiger partial charge in [-0.3, -0.25) is 4.79 Å². The molecule has 4 N–H and O–H groups in total. The molecule has 1 saturated carbocycles. The zero-order valence-corrected chi connectivity index (χ0v) is 19.9. The van der Waals surface area contributed by atoms with Crippen LogP contribution in [0.15, 0.2) is 42.6 Å². The molecule has 172 valence electrons. The first-order valence-electron chi connectivity index (χ1n) is 10.6. The molecule has 0 aliphatic heterocycles. The molecule has 0 unspecified atom stereocenters. The largest absolute Gasteiger partial charge is 0.393 e. The van der Waals surface area contributed by atoms with Crippen molar-refractivity contribution in [3.63, 3.8) is 0 Å². The quantitative estimate of drug-likeness (QED) is 0.395. The van der Waals surface area contributed by atoms with E-state index in [-0.39, 0.29) is 29.9 Å². The van der Waals surface area contributed by atoms with Crippen LogP contribution in [-0.4, -0.2) is 27.1 Å². The molecule has 2 atom stereocenters. The molecule has 9 heteroatoms. The molecule has 1 aliphatic carbocycles. The first kappa shape index (κ1) is 23.5. The van der Waals surface area contributed by atoms with Gasteiger partial charge in [-0.25, -0.2) is 18.7 Å². The summed E-state index contributed by atoms with van der Waals surface area (Å²) in [5.74, 6) is -1.50. The van der Waals surface area contributed by atoms with Crippen LogP contribution in [0.5, 0.6) is 0 Å². The van der Waals surface area contributed by atoms with Crippen LogP contribution in [0.2, 0.25) is 0 Å². The molecule has 33 heavy (non-hydrogen) atoms. The number of aromatic nitrogens is 2. The number of anilines is 1. The minimum Gasteiger partial charge on any atom is -0.393 e. The first-order valence-corrected chi connectivity index (χ1v) is 11.7. The summed E-state index contributed by atoms with van der Waals surface area (Å²) >= 11 is 1.99. The zero-order valence-electron chi connectivity index (χ0n) is 17.7. The summed E-state index contributed by atoms with van der Waals surface area (Å²) in [6.45, 7) is 0.0709. The van der Waals surface area contributed by atoms with E-state index in [2.05, 4.69) is 15.3 Å². The van der Waals surface area contributed by atoms with Gasteiger partial charge in [0.25, 0.3) is 5.91 Å². The van der Waals surface area contributed by atoms with E-state index in [0.29, 0.717) is 32.5 Å². The number of nitrogens with two attached hydrogens (primary N) is 1. The van der Waals surface area contributed by atoms with Crippen LogP contribution < -0.4 is 11.1 Å². The predicted octanol–water partition coefficient (Wildman–Crippen LogP) is 4.56. The summed E-state index contributed by atoms with van der Waals surface area (Å²) in [5, 5.41) is 12.6. The highest BCUT2D eigenvalue weighted by atomic mass is 127. The van der Waals surface area contributed by atoms with Crippen molar-refractivity contribution in [2.75, 3.05) is 5.73 Å². The molecule has 0 bridgehead atoms. The number of nitrogens with one attached hydrogen (secondary N) is 1. The molecule has 0 spiro atoms. The van der Waals surface area contributed by atoms with Crippen molar-refractivity contribution >= 4 is 34.3 Å². The number of rotatable bonds is 5. The normalized spacial score (nSPS) is 18.2. The standard InChI is InChI=1S/C24H23F2IN4O2/c25-16-6-13(7-17(27)10-16)11-30-24(33)19-5-4-15(9-20(19)26)22-23(28)29-12-21(31-22)14-2-1-3-18(32)8-14/h4-7,9-10,12,14,18,32H,1-3,8,11H2,(H2,28,29)(H,30,33)/t14-,18+/m1/s1. The van der Waals surface area contributed by atoms with Gasteiger partial charge in [0, 0.05) is 21.6 Å². The third kappa shape index (κ3) is 5.64. The van der Waals surface area contributed by atoms with Gasteiger partial charge in [-0.1, -0.05) is 12.5 Å². The second kappa shape index (κ2) is 10.1. The number of carbonyl (C=O) groups excluding carboxylic acids is 1. The third-order valence-electron chi connectivity index (χ3n) is 5.75. The number of amides is 1. The van der Waals surface area contributed by atoms with Crippen LogP contribution in [0, 0.1) is 15.2 Å². The molecule has 3 aromatic rings. The molecular weight excluding hydrogens is 541 g/mol. The number of aliphatic hydroxyl groups is 1. The molecule has 1 heterocycles. The molecule has 1 amide bonds. The molecule has 0 radical (unpaired) electrons. The number of nitrogens with zero attached hydrogens (tertiary/aromatic N) is 2. The minimum atomic E-state index is -0.724. The van der Waals surface area contributed by atoms with Crippen molar-refractivity contribution in [1.29, 1.82) is 0 Å². The lowest BCUT2D eigenvalue weighted by atomic mass is 9.85. The maximum Gasteiger partial charge on any atom is 0.254 e. The second-order valence-corrected chi connectivity index (χ2v) is 9.45. The minimum absolute atomic E-state index is 0.0707. The molecule has 0 saturated heterocycles. The molecule has 1 aromatic heterocycles. The summed E-state index contributed by atoms with van der Waals surface area (Å²) in [4.78, 5) is 21.3. The number of aliphatic hydroxyl groups excluding tert-OH is 1. The number of benzene rings is 2. The molecule has 2 aromatic carbocycles. The van der Waals surface area contributed by atoms with Crippen molar-refractivity contribution in [3.05, 3.63) is 74.6 Å². The van der Waals surface area contributed by atoms with Crippen molar-refractivity contribution in [2.45, 2.75) is 44.2 Å². The summed E-state index contributed by atoms with van der Waals surface area (Å²) < 4.78 is 29.1. The van der Waals surface area contributed by atoms with Gasteiger partial charge >= 0.3 is 0 Å². The van der Waals surface area contributed by atoms with Crippen molar-refractivity contribution in [3.8, 4) is 11.3 Å². The Bertz CT molecular complexity index is 1170. The van der Waals surface area contributed by atoms with Crippen molar-refractivity contribution in [2.24, 2.45) is 0 Å². The van der Waals surface area contributed by atoms with Gasteiger partial charge in [0.2, 0.25) is 0 Å². The van der Waals surface area contributed by atoms with Crippen LogP contribution in [0.3, 0.4) is 0 Å². The Hall–Kier alpha value is -2.66. The van der Waals surface area contributed by atoms with Gasteiger partial charge in [-0.15, -0.1) is 0 Å². The van der Waals surface area contributed by atoms with E-state index in [1.165, 1.54) is 24.3 Å². The fourth-order valence-electron chi connectivity index (χ4n) is 4.09. The van der Waals surface area contributed by atoms with Gasteiger partial charge < -0.3 is 16.2 Å². The number of carbonyl (C=O) groups is 1. The molecule has 6 nitrogen and oxygen atoms in total. The van der Waals surface area contributed by atoms with Crippen LogP contribution in [0.25, 0.3) is 11.3 Å². The van der Waals surface area contributed by atoms with Gasteiger partial charge in [0.1, 0.15) is 23.1 Å². The van der Waals surface area contributed by atoms with Gasteiger partial charge in [-0.2, -0.15) is 0 Å². The highest BCUT2D eigenvalue weighted by Gasteiger charge is 2.24. The lowest BCUT2D eigenvalue weighted by Crippen LogP contribution is -2.24. The molecule has 1 fully saturated rings. The Morgan fingerprint density at radius 3 is 2.76 bits per heavy atom. The molecular formula is C24H23F2IN4O2. The fraction of sp³-hybridized carbons (Fsp3) is 0.292. The first-order chi connectivity index (χ1) is 15.8. The van der Waals surface area contributed by atoms with E-state index >= 15 is 0 Å². The Morgan fingerprint density at radius 2 is 2.03 bits per heavy atom. The monoisotopic (exact) mass is 564 g/mol. The average Bonchev–Trinajstić information content (AvgIpc) is 2.77. The van der Waals surface area contributed by atoms with Crippen LogP contribution in [0.4, 0.5) is 14.6 Å². The average molecular weight is 564 g/mol. The van der Waals surface area contributed by atoms with E-state index in [0.717, 1.165) is 19.3 Å². The van der Waals surface area contributed by atoms with E-state index in [1.54, 1.807) is 18.3 Å². The SMILES string of the molecule is Nc1ncc([C@@H]2CCC[C@H](O)C2)nc1-c1ccc(C(=O)NCc2cc(F)cc(I)c2)c(F)c1. The lowest BCUT2D eigenvalue weighted by Gasteiger charge is -2.25. The number of hydrogen-bond acceptors (Lipinski definition) is 5. The summed E-state index contributed by atoms with van der Waals surface area (Å²) in [6, 6.07) is 8.59. The lowest BCUT2D eigenvalue weighted by molar-refractivity contribution is 0.0946. The molecule has 1 aliphatic rings. The Balaban J connectivity index is 1.52. The van der Waals surface area contributed by atoms with Crippen molar-refractivity contribution in [1.82, 2.24) is 15.3 Å². The smallest absolute Gasteiger partial charge is 0.254 e.